The first kappa shape index (κ1) is 39.9. The van der Waals surface area contributed by atoms with E-state index in [1.54, 1.807) is 0 Å². The van der Waals surface area contributed by atoms with Gasteiger partial charge in [-0.25, -0.2) is 32.7 Å². The Bertz CT molecular complexity index is 2190. The summed E-state index contributed by atoms with van der Waals surface area (Å²) in [6.45, 7) is -1.12. The molecule has 0 radical (unpaired) electrons. The van der Waals surface area contributed by atoms with Gasteiger partial charge in [0.25, 0.3) is 5.92 Å². The van der Waals surface area contributed by atoms with Crippen LogP contribution in [-0.2, 0) is 29.8 Å². The number of benzene rings is 2. The van der Waals surface area contributed by atoms with Crippen LogP contribution in [0.15, 0.2) is 48.8 Å². The van der Waals surface area contributed by atoms with Gasteiger partial charge >= 0.3 is 30.6 Å². The topological polar surface area (TPSA) is 118 Å². The third-order valence-corrected chi connectivity index (χ3v) is 8.93. The van der Waals surface area contributed by atoms with E-state index in [0.717, 1.165) is 35.2 Å². The number of pyridine rings is 1. The summed E-state index contributed by atoms with van der Waals surface area (Å²) in [6.07, 6.45) is -17.2. The van der Waals surface area contributed by atoms with E-state index in [1.165, 1.54) is 6.92 Å². The second-order valence-electron chi connectivity index (χ2n) is 12.7. The van der Waals surface area contributed by atoms with Crippen LogP contribution in [0, 0.1) is 5.82 Å². The number of cyclic esters (lactones) is 1. The predicted molar refractivity (Wildman–Crippen MR) is 167 cm³/mol. The van der Waals surface area contributed by atoms with Gasteiger partial charge in [0.1, 0.15) is 17.7 Å². The van der Waals surface area contributed by atoms with Crippen LogP contribution in [0.3, 0.4) is 0 Å². The van der Waals surface area contributed by atoms with Crippen molar-refractivity contribution in [2.45, 2.75) is 50.1 Å². The van der Waals surface area contributed by atoms with E-state index in [2.05, 4.69) is 15.0 Å². The lowest BCUT2D eigenvalue weighted by molar-refractivity contribution is -0.143. The van der Waals surface area contributed by atoms with Gasteiger partial charge in [0.05, 0.1) is 66.4 Å². The van der Waals surface area contributed by atoms with Crippen LogP contribution in [0.2, 0.25) is 0 Å². The monoisotopic (exact) mass is 809 g/mol. The maximum absolute atomic E-state index is 15.5. The number of carboxylic acids is 1. The summed E-state index contributed by atoms with van der Waals surface area (Å²) in [4.78, 5) is 38.7. The van der Waals surface area contributed by atoms with Gasteiger partial charge < -0.3 is 19.5 Å². The Morgan fingerprint density at radius 1 is 0.893 bits per heavy atom. The molecule has 22 heteroatoms. The second kappa shape index (κ2) is 13.7. The second-order valence-corrected chi connectivity index (χ2v) is 12.7. The molecule has 4 aromatic rings. The smallest absolute Gasteiger partial charge is 0.417 e. The minimum atomic E-state index is -5.23. The fourth-order valence-corrected chi connectivity index (χ4v) is 6.16. The number of hydrogen-bond acceptors (Lipinski definition) is 8. The molecule has 2 aliphatic rings. The number of alkyl halides is 11. The molecule has 56 heavy (non-hydrogen) atoms. The quantitative estimate of drug-likeness (QED) is 0.175. The number of carboxylic acid groups (broad SMARTS) is 1. The number of aromatic carboxylic acids is 1. The lowest BCUT2D eigenvalue weighted by Gasteiger charge is -2.38. The molecule has 0 spiro atoms. The zero-order chi connectivity index (χ0) is 41.3. The van der Waals surface area contributed by atoms with E-state index in [4.69, 9.17) is 9.47 Å². The Labute approximate surface area is 306 Å². The highest BCUT2D eigenvalue weighted by Gasteiger charge is 2.47. The average molecular weight is 810 g/mol. The number of carbonyl (C=O) groups is 2. The van der Waals surface area contributed by atoms with Crippen LogP contribution in [0.4, 0.5) is 63.4 Å². The molecule has 2 atom stereocenters. The Morgan fingerprint density at radius 2 is 1.52 bits per heavy atom. The number of aromatic nitrogens is 3. The largest absolute Gasteiger partial charge is 0.496 e. The van der Waals surface area contributed by atoms with E-state index >= 15 is 4.39 Å². The van der Waals surface area contributed by atoms with Crippen molar-refractivity contribution in [3.8, 4) is 28.1 Å². The predicted octanol–water partition coefficient (Wildman–Crippen LogP) is 8.65. The van der Waals surface area contributed by atoms with Crippen molar-refractivity contribution in [2.75, 3.05) is 25.1 Å². The molecule has 2 aromatic carbocycles. The maximum Gasteiger partial charge on any atom is 0.417 e. The minimum Gasteiger partial charge on any atom is -0.496 e. The van der Waals surface area contributed by atoms with Gasteiger partial charge in [-0.05, 0) is 42.8 Å². The molecule has 2 saturated heterocycles. The fraction of sp³-hybridized carbons (Fsp3) is 0.324. The number of ether oxygens (including phenoxy) is 2. The van der Waals surface area contributed by atoms with Crippen molar-refractivity contribution in [1.29, 1.82) is 0 Å². The summed E-state index contributed by atoms with van der Waals surface area (Å²) >= 11 is 0. The van der Waals surface area contributed by atoms with E-state index < -0.39 is 113 Å². The first-order valence-electron chi connectivity index (χ1n) is 15.8. The Balaban J connectivity index is 1.45. The van der Waals surface area contributed by atoms with Crippen molar-refractivity contribution < 1.29 is 76.9 Å². The third kappa shape index (κ3) is 7.68. The number of anilines is 1. The molecule has 10 nitrogen and oxygen atoms in total. The first-order valence-corrected chi connectivity index (χ1v) is 15.8. The van der Waals surface area contributed by atoms with Crippen molar-refractivity contribution in [1.82, 2.24) is 19.9 Å². The standard InChI is InChI=1S/C34H23F12N5O5/c1-14-27(15-3-16(32(38,39)40)5-17(4-15)33(41,42)43)56-30(54)51(14)11-25-20(9-48-29(49-25)50-12-31(36,37)13-50)18-6-19(23(35)8-26(18)55-2)24-7-22(34(44,45)46)21(10-47-24)28(52)53/h3-10,14,27H,11-13H2,1-2H3,(H,52,53)/t14-,27-/m0/s1. The molecule has 298 valence electrons. The molecule has 1 amide bonds. The zero-order valence-electron chi connectivity index (χ0n) is 28.2. The first-order chi connectivity index (χ1) is 25.9. The Hall–Kier alpha value is -5.83. The molecule has 4 heterocycles. The summed E-state index contributed by atoms with van der Waals surface area (Å²) < 4.78 is 177. The SMILES string of the molecule is COc1cc(F)c(-c2cc(C(F)(F)F)c(C(=O)O)cn2)cc1-c1cnc(N2CC(F)(F)C2)nc1CN1C(=O)O[C@H](c2cc(C(F)(F)F)cc(C(F)(F)F)c2)[C@@H]1C. The highest BCUT2D eigenvalue weighted by molar-refractivity contribution is 5.90. The van der Waals surface area contributed by atoms with Gasteiger partial charge in [0, 0.05) is 35.2 Å². The highest BCUT2D eigenvalue weighted by Crippen LogP contribution is 2.44. The lowest BCUT2D eigenvalue weighted by atomic mass is 9.96. The lowest BCUT2D eigenvalue weighted by Crippen LogP contribution is -2.57. The van der Waals surface area contributed by atoms with Gasteiger partial charge in [-0.1, -0.05) is 0 Å². The van der Waals surface area contributed by atoms with Crippen LogP contribution in [-0.4, -0.2) is 69.2 Å². The molecule has 6 rings (SSSR count). The number of amides is 1. The normalized spacial score (nSPS) is 18.5. The number of rotatable bonds is 8. The summed E-state index contributed by atoms with van der Waals surface area (Å²) in [5, 5.41) is 9.26. The fourth-order valence-electron chi connectivity index (χ4n) is 6.16. The third-order valence-electron chi connectivity index (χ3n) is 8.93. The van der Waals surface area contributed by atoms with Crippen molar-refractivity contribution in [3.63, 3.8) is 0 Å². The van der Waals surface area contributed by atoms with E-state index in [1.807, 2.05) is 0 Å². The summed E-state index contributed by atoms with van der Waals surface area (Å²) in [5.41, 5.74) is -8.79. The van der Waals surface area contributed by atoms with Gasteiger partial charge in [-0.15, -0.1) is 0 Å². The summed E-state index contributed by atoms with van der Waals surface area (Å²) in [7, 11) is 1.07. The molecule has 1 N–H and O–H groups in total. The van der Waals surface area contributed by atoms with Crippen molar-refractivity contribution in [3.05, 3.63) is 88.1 Å². The maximum atomic E-state index is 15.5. The van der Waals surface area contributed by atoms with Crippen LogP contribution >= 0.6 is 0 Å². The van der Waals surface area contributed by atoms with Crippen LogP contribution in [0.5, 0.6) is 5.75 Å². The number of methoxy groups -OCH3 is 1. The molecule has 2 aromatic heterocycles. The summed E-state index contributed by atoms with van der Waals surface area (Å²) in [6, 6.07) is 1.31. The minimum absolute atomic E-state index is 0.110. The van der Waals surface area contributed by atoms with Crippen molar-refractivity contribution in [2.24, 2.45) is 0 Å². The van der Waals surface area contributed by atoms with Gasteiger partial charge in [-0.3, -0.25) is 9.88 Å². The van der Waals surface area contributed by atoms with Crippen molar-refractivity contribution >= 4 is 18.0 Å². The molecule has 0 saturated carbocycles. The number of halogens is 12. The van der Waals surface area contributed by atoms with Crippen LogP contribution in [0.25, 0.3) is 22.4 Å². The van der Waals surface area contributed by atoms with Crippen LogP contribution in [0.1, 0.15) is 51.3 Å². The number of carbonyl (C=O) groups excluding carboxylic acids is 1. The van der Waals surface area contributed by atoms with Crippen LogP contribution < -0.4 is 9.64 Å². The van der Waals surface area contributed by atoms with Gasteiger partial charge in [-0.2, -0.15) is 39.5 Å². The van der Waals surface area contributed by atoms with Gasteiger partial charge in [0.2, 0.25) is 5.95 Å². The Kier molecular flexibility index (Phi) is 9.77. The zero-order valence-corrected chi connectivity index (χ0v) is 28.2. The number of hydrogen-bond donors (Lipinski definition) is 1. The molecular weight excluding hydrogens is 786 g/mol. The molecule has 0 aliphatic carbocycles. The molecular formula is C34H23F12N5O5. The molecule has 2 fully saturated rings. The highest BCUT2D eigenvalue weighted by atomic mass is 19.4. The van der Waals surface area contributed by atoms with E-state index in [0.29, 0.717) is 24.4 Å². The molecule has 2 aliphatic heterocycles. The molecule has 0 unspecified atom stereocenters. The molecule has 0 bridgehead atoms. The Morgan fingerprint density at radius 3 is 2.05 bits per heavy atom. The van der Waals surface area contributed by atoms with Gasteiger partial charge in [0.15, 0.2) is 0 Å². The summed E-state index contributed by atoms with van der Waals surface area (Å²) in [5.74, 6) is -6.93. The van der Waals surface area contributed by atoms with E-state index in [-0.39, 0.29) is 34.6 Å². The number of nitrogens with zero attached hydrogens (tertiary/aromatic N) is 5. The average Bonchev–Trinajstić information content (AvgIpc) is 3.37. The van der Waals surface area contributed by atoms with E-state index in [9.17, 15) is 63.0 Å².